The molecule has 1 aromatic rings. The Hall–Kier alpha value is -1.32. The Bertz CT molecular complexity index is 396. The minimum Gasteiger partial charge on any atom is -0.349 e. The van der Waals surface area contributed by atoms with Gasteiger partial charge in [-0.15, -0.1) is 0 Å². The van der Waals surface area contributed by atoms with Crippen LogP contribution < -0.4 is 5.32 Å². The monoisotopic (exact) mass is 223 g/mol. The van der Waals surface area contributed by atoms with Crippen LogP contribution in [0.1, 0.15) is 57.3 Å². The van der Waals surface area contributed by atoms with E-state index in [0.29, 0.717) is 11.7 Å². The third-order valence-electron chi connectivity index (χ3n) is 2.69. The smallest absolute Gasteiger partial charge is 0.269 e. The van der Waals surface area contributed by atoms with Gasteiger partial charge >= 0.3 is 0 Å². The summed E-state index contributed by atoms with van der Waals surface area (Å²) in [6.07, 6.45) is 3.17. The summed E-state index contributed by atoms with van der Waals surface area (Å²) in [6, 6.07) is 2.53. The Morgan fingerprint density at radius 2 is 2.38 bits per heavy atom. The van der Waals surface area contributed by atoms with Crippen molar-refractivity contribution in [2.24, 2.45) is 0 Å². The molecular formula is C12H21N3O. The van der Waals surface area contributed by atoms with Gasteiger partial charge in [0.05, 0.1) is 11.7 Å². The summed E-state index contributed by atoms with van der Waals surface area (Å²) >= 11 is 0. The Morgan fingerprint density at radius 1 is 1.69 bits per heavy atom. The lowest BCUT2D eigenvalue weighted by Crippen LogP contribution is -2.31. The highest BCUT2D eigenvalue weighted by atomic mass is 16.2. The molecule has 1 heterocycles. The van der Waals surface area contributed by atoms with Crippen LogP contribution in [0.4, 0.5) is 0 Å². The van der Waals surface area contributed by atoms with Crippen molar-refractivity contribution in [3.63, 3.8) is 0 Å². The normalized spacial score (nSPS) is 15.5. The van der Waals surface area contributed by atoms with Crippen LogP contribution >= 0.6 is 0 Å². The molecule has 16 heavy (non-hydrogen) atoms. The highest BCUT2D eigenvalue weighted by Gasteiger charge is 2.29. The standard InChI is InChI=1S/C12H19N3O.H2/c1-4-9-7-11(12(16)13-8(2)3)15(14-9)10-5-6-10;/h7-8,10H,4-6H2,1-3H3,(H,13,16);1H. The molecule has 0 saturated heterocycles. The number of hydrogen-bond donors (Lipinski definition) is 1. The summed E-state index contributed by atoms with van der Waals surface area (Å²) in [6.45, 7) is 6.00. The molecule has 1 saturated carbocycles. The highest BCUT2D eigenvalue weighted by molar-refractivity contribution is 5.92. The predicted octanol–water partition coefficient (Wildman–Crippen LogP) is 2.16. The van der Waals surface area contributed by atoms with Crippen LogP contribution in [0, 0.1) is 0 Å². The molecule has 4 heteroatoms. The van der Waals surface area contributed by atoms with E-state index in [1.54, 1.807) is 0 Å². The van der Waals surface area contributed by atoms with Crippen molar-refractivity contribution >= 4 is 5.91 Å². The lowest BCUT2D eigenvalue weighted by atomic mass is 10.3. The summed E-state index contributed by atoms with van der Waals surface area (Å²) in [7, 11) is 0. The molecule has 1 aromatic heterocycles. The van der Waals surface area contributed by atoms with Gasteiger partial charge in [-0.05, 0) is 39.2 Å². The summed E-state index contributed by atoms with van der Waals surface area (Å²) in [5.41, 5.74) is 1.72. The maximum absolute atomic E-state index is 12.0. The minimum atomic E-state index is -0.00546. The summed E-state index contributed by atoms with van der Waals surface area (Å²) in [5.74, 6) is -0.00546. The molecule has 1 amide bonds. The molecule has 0 radical (unpaired) electrons. The fourth-order valence-electron chi connectivity index (χ4n) is 1.72. The van der Waals surface area contributed by atoms with Crippen molar-refractivity contribution in [1.82, 2.24) is 15.1 Å². The zero-order chi connectivity index (χ0) is 11.7. The van der Waals surface area contributed by atoms with Gasteiger partial charge in [-0.3, -0.25) is 9.48 Å². The van der Waals surface area contributed by atoms with E-state index in [1.165, 1.54) is 0 Å². The van der Waals surface area contributed by atoms with Crippen LogP contribution in [-0.4, -0.2) is 21.7 Å². The van der Waals surface area contributed by atoms with Crippen molar-refractivity contribution in [3.05, 3.63) is 17.5 Å². The molecule has 90 valence electrons. The van der Waals surface area contributed by atoms with Gasteiger partial charge in [0.2, 0.25) is 0 Å². The molecule has 0 aliphatic heterocycles. The average molecular weight is 223 g/mol. The first-order valence-corrected chi connectivity index (χ1v) is 6.01. The number of carbonyl (C=O) groups is 1. The van der Waals surface area contributed by atoms with Crippen molar-refractivity contribution in [2.75, 3.05) is 0 Å². The molecule has 0 bridgehead atoms. The molecule has 0 atom stereocenters. The minimum absolute atomic E-state index is 0. The van der Waals surface area contributed by atoms with E-state index in [-0.39, 0.29) is 13.4 Å². The summed E-state index contributed by atoms with van der Waals surface area (Å²) in [4.78, 5) is 12.0. The predicted molar refractivity (Wildman–Crippen MR) is 64.6 cm³/mol. The molecule has 0 spiro atoms. The number of nitrogens with zero attached hydrogens (tertiary/aromatic N) is 2. The first-order chi connectivity index (χ1) is 7.61. The second kappa shape index (κ2) is 4.28. The first-order valence-electron chi connectivity index (χ1n) is 6.01. The highest BCUT2D eigenvalue weighted by Crippen LogP contribution is 2.35. The first kappa shape index (κ1) is 11.2. The van der Waals surface area contributed by atoms with Gasteiger partial charge in [-0.2, -0.15) is 5.10 Å². The van der Waals surface area contributed by atoms with E-state index in [4.69, 9.17) is 0 Å². The van der Waals surface area contributed by atoms with E-state index in [2.05, 4.69) is 17.3 Å². The Balaban J connectivity index is 0.00000144. The molecule has 4 nitrogen and oxygen atoms in total. The van der Waals surface area contributed by atoms with Gasteiger partial charge in [0.1, 0.15) is 5.69 Å². The Kier molecular flexibility index (Phi) is 2.99. The zero-order valence-corrected chi connectivity index (χ0v) is 10.2. The van der Waals surface area contributed by atoms with Crippen molar-refractivity contribution in [3.8, 4) is 0 Å². The number of aryl methyl sites for hydroxylation is 1. The molecule has 0 unspecified atom stereocenters. The van der Waals surface area contributed by atoms with Crippen LogP contribution in [-0.2, 0) is 6.42 Å². The Morgan fingerprint density at radius 3 is 2.88 bits per heavy atom. The van der Waals surface area contributed by atoms with Crippen molar-refractivity contribution in [2.45, 2.75) is 52.1 Å². The molecule has 1 fully saturated rings. The largest absolute Gasteiger partial charge is 0.349 e. The van der Waals surface area contributed by atoms with Crippen LogP contribution in [0.25, 0.3) is 0 Å². The maximum Gasteiger partial charge on any atom is 0.269 e. The van der Waals surface area contributed by atoms with Crippen LogP contribution in [0.5, 0.6) is 0 Å². The van der Waals surface area contributed by atoms with E-state index in [1.807, 2.05) is 24.6 Å². The summed E-state index contributed by atoms with van der Waals surface area (Å²) < 4.78 is 1.90. The quantitative estimate of drug-likeness (QED) is 0.850. The lowest BCUT2D eigenvalue weighted by Gasteiger charge is -2.09. The van der Waals surface area contributed by atoms with E-state index < -0.39 is 0 Å². The molecule has 2 rings (SSSR count). The van der Waals surface area contributed by atoms with Gasteiger partial charge in [-0.25, -0.2) is 0 Å². The fraction of sp³-hybridized carbons (Fsp3) is 0.667. The third-order valence-corrected chi connectivity index (χ3v) is 2.69. The number of rotatable bonds is 4. The SMILES string of the molecule is CCc1cc(C(=O)NC(C)C)n(C2CC2)n1.[HH]. The van der Waals surface area contributed by atoms with E-state index >= 15 is 0 Å². The number of carbonyl (C=O) groups excluding carboxylic acids is 1. The number of amides is 1. The van der Waals surface area contributed by atoms with Crippen LogP contribution in [0.2, 0.25) is 0 Å². The van der Waals surface area contributed by atoms with Crippen molar-refractivity contribution < 1.29 is 6.22 Å². The second-order valence-electron chi connectivity index (χ2n) is 4.68. The number of aromatic nitrogens is 2. The van der Waals surface area contributed by atoms with Gasteiger partial charge in [0, 0.05) is 7.47 Å². The maximum atomic E-state index is 12.0. The lowest BCUT2D eigenvalue weighted by molar-refractivity contribution is 0.0932. The van der Waals surface area contributed by atoms with Crippen molar-refractivity contribution in [1.29, 1.82) is 0 Å². The average Bonchev–Trinajstić information content (AvgIpc) is 2.96. The van der Waals surface area contributed by atoms with Gasteiger partial charge in [0.25, 0.3) is 5.91 Å². The van der Waals surface area contributed by atoms with E-state index in [0.717, 1.165) is 25.0 Å². The molecule has 1 aliphatic rings. The number of nitrogens with one attached hydrogen (secondary N) is 1. The number of hydrogen-bond acceptors (Lipinski definition) is 2. The Labute approximate surface area is 97.5 Å². The third kappa shape index (κ3) is 2.26. The molecule has 1 N–H and O–H groups in total. The van der Waals surface area contributed by atoms with Gasteiger partial charge in [-0.1, -0.05) is 6.92 Å². The topological polar surface area (TPSA) is 46.9 Å². The van der Waals surface area contributed by atoms with Crippen LogP contribution in [0.3, 0.4) is 0 Å². The summed E-state index contributed by atoms with van der Waals surface area (Å²) in [5, 5.41) is 7.39. The molecular weight excluding hydrogens is 202 g/mol. The zero-order valence-electron chi connectivity index (χ0n) is 10.2. The molecule has 0 aromatic carbocycles. The van der Waals surface area contributed by atoms with E-state index in [9.17, 15) is 4.79 Å². The van der Waals surface area contributed by atoms with Gasteiger partial charge < -0.3 is 5.32 Å². The fourth-order valence-corrected chi connectivity index (χ4v) is 1.72. The van der Waals surface area contributed by atoms with Crippen LogP contribution in [0.15, 0.2) is 6.07 Å². The molecule has 1 aliphatic carbocycles. The van der Waals surface area contributed by atoms with Gasteiger partial charge in [0.15, 0.2) is 0 Å². The second-order valence-corrected chi connectivity index (χ2v) is 4.68.